The number of anilines is 2. The highest BCUT2D eigenvalue weighted by Gasteiger charge is 2.25. The number of nitrogens with zero attached hydrogens (tertiary/aromatic N) is 1. The van der Waals surface area contributed by atoms with Crippen LogP contribution in [-0.4, -0.2) is 41.2 Å². The highest BCUT2D eigenvalue weighted by Crippen LogP contribution is 2.37. The summed E-state index contributed by atoms with van der Waals surface area (Å²) >= 11 is 0. The zero-order valence-electron chi connectivity index (χ0n) is 27.5. The molecule has 0 spiro atoms. The van der Waals surface area contributed by atoms with Crippen LogP contribution in [0.15, 0.2) is 114 Å². The van der Waals surface area contributed by atoms with Gasteiger partial charge in [-0.15, -0.1) is 0 Å². The van der Waals surface area contributed by atoms with Crippen LogP contribution >= 0.6 is 0 Å². The second kappa shape index (κ2) is 16.1. The van der Waals surface area contributed by atoms with Crippen LogP contribution in [0.5, 0.6) is 0 Å². The van der Waals surface area contributed by atoms with E-state index in [0.717, 1.165) is 22.3 Å². The third kappa shape index (κ3) is 9.34. The van der Waals surface area contributed by atoms with Gasteiger partial charge >= 0.3 is 24.1 Å². The maximum absolute atomic E-state index is 12.1. The number of benzene rings is 4. The Morgan fingerprint density at radius 1 is 0.640 bits per heavy atom. The molecule has 0 aliphatic carbocycles. The summed E-state index contributed by atoms with van der Waals surface area (Å²) in [6, 6.07) is 33.2. The predicted molar refractivity (Wildman–Crippen MR) is 188 cm³/mol. The van der Waals surface area contributed by atoms with Gasteiger partial charge in [0.15, 0.2) is 11.7 Å². The van der Waals surface area contributed by atoms with E-state index in [0.29, 0.717) is 41.6 Å². The topological polar surface area (TPSA) is 189 Å². The summed E-state index contributed by atoms with van der Waals surface area (Å²) in [5, 5.41) is 5.99. The lowest BCUT2D eigenvalue weighted by Gasteiger charge is -2.14. The number of esters is 2. The smallest absolute Gasteiger partial charge is 0.412 e. The molecule has 0 unspecified atom stereocenters. The second-order valence-corrected chi connectivity index (χ2v) is 11.7. The number of carbonyl (C=O) groups excluding carboxylic acids is 4. The van der Waals surface area contributed by atoms with E-state index in [1.54, 1.807) is 38.1 Å². The lowest BCUT2D eigenvalue weighted by atomic mass is 9.92. The first kappa shape index (κ1) is 34.9. The van der Waals surface area contributed by atoms with Crippen molar-refractivity contribution >= 4 is 35.5 Å². The number of aromatic nitrogens is 1. The lowest BCUT2D eigenvalue weighted by Crippen LogP contribution is -2.31. The van der Waals surface area contributed by atoms with E-state index in [9.17, 15) is 19.2 Å². The monoisotopic (exact) mass is 675 g/mol. The number of amides is 2. The average molecular weight is 676 g/mol. The van der Waals surface area contributed by atoms with Crippen molar-refractivity contribution < 1.29 is 33.1 Å². The third-order valence-corrected chi connectivity index (χ3v) is 7.82. The number of nitrogens with one attached hydrogen (secondary N) is 2. The van der Waals surface area contributed by atoms with Gasteiger partial charge in [0, 0.05) is 28.4 Å². The molecule has 0 aliphatic rings. The fourth-order valence-electron chi connectivity index (χ4n) is 5.38. The number of nitrogens with two attached hydrogens (primary N) is 2. The largest absolute Gasteiger partial charge is 0.440 e. The molecule has 1 aromatic heterocycles. The summed E-state index contributed by atoms with van der Waals surface area (Å²) in [5.41, 5.74) is 15.6. The molecule has 256 valence electrons. The Balaban J connectivity index is 1.49. The van der Waals surface area contributed by atoms with Gasteiger partial charge < -0.3 is 36.0 Å². The molecule has 50 heavy (non-hydrogen) atoms. The van der Waals surface area contributed by atoms with Gasteiger partial charge in [0.25, 0.3) is 0 Å². The molecule has 2 amide bonds. The summed E-state index contributed by atoms with van der Waals surface area (Å²) in [4.78, 5) is 51.2. The van der Waals surface area contributed by atoms with Crippen molar-refractivity contribution in [3.8, 4) is 22.6 Å². The van der Waals surface area contributed by atoms with Crippen LogP contribution in [0.4, 0.5) is 21.0 Å². The summed E-state index contributed by atoms with van der Waals surface area (Å²) < 4.78 is 15.6. The van der Waals surface area contributed by atoms with Crippen molar-refractivity contribution in [3.05, 3.63) is 126 Å². The van der Waals surface area contributed by atoms with E-state index in [4.69, 9.17) is 20.9 Å². The summed E-state index contributed by atoms with van der Waals surface area (Å²) in [6.07, 6.45) is -0.955. The van der Waals surface area contributed by atoms with E-state index in [1.807, 2.05) is 60.7 Å². The van der Waals surface area contributed by atoms with Crippen LogP contribution in [0.25, 0.3) is 22.6 Å². The second-order valence-electron chi connectivity index (χ2n) is 11.7. The highest BCUT2D eigenvalue weighted by atomic mass is 16.6. The van der Waals surface area contributed by atoms with Gasteiger partial charge in [-0.25, -0.2) is 24.2 Å². The van der Waals surface area contributed by atoms with Crippen LogP contribution < -0.4 is 22.1 Å². The Morgan fingerprint density at radius 3 is 1.48 bits per heavy atom. The maximum atomic E-state index is 12.1. The van der Waals surface area contributed by atoms with E-state index in [2.05, 4.69) is 44.4 Å². The molecule has 1 heterocycles. The van der Waals surface area contributed by atoms with E-state index >= 15 is 0 Å². The fourth-order valence-corrected chi connectivity index (χ4v) is 5.38. The zero-order valence-corrected chi connectivity index (χ0v) is 27.5. The first-order chi connectivity index (χ1) is 24.0. The Bertz CT molecular complexity index is 1790. The minimum atomic E-state index is -1.17. The number of primary amides is 2. The SMILES string of the molecule is C[C@H](Nc1ccc(-c2nc(C(Cc3ccccc3)Cc3ccccc3)oc2-c2ccc(N[C@@H](C)C(=O)OC(N)=O)cc2)cc1)C(=O)OC(N)=O. The van der Waals surface area contributed by atoms with Gasteiger partial charge in [-0.05, 0) is 74.2 Å². The summed E-state index contributed by atoms with van der Waals surface area (Å²) in [7, 11) is 0. The van der Waals surface area contributed by atoms with E-state index in [-0.39, 0.29) is 5.92 Å². The van der Waals surface area contributed by atoms with Gasteiger partial charge in [0.2, 0.25) is 0 Å². The van der Waals surface area contributed by atoms with Crippen LogP contribution in [-0.2, 0) is 31.9 Å². The van der Waals surface area contributed by atoms with Gasteiger partial charge in [-0.2, -0.15) is 0 Å². The number of ether oxygens (including phenoxy) is 2. The van der Waals surface area contributed by atoms with Gasteiger partial charge in [-0.1, -0.05) is 72.8 Å². The van der Waals surface area contributed by atoms with Crippen LogP contribution in [0, 0.1) is 0 Å². The minimum Gasteiger partial charge on any atom is -0.440 e. The Labute approximate surface area is 288 Å². The van der Waals surface area contributed by atoms with Crippen LogP contribution in [0.2, 0.25) is 0 Å². The summed E-state index contributed by atoms with van der Waals surface area (Å²) in [6.45, 7) is 3.11. The molecule has 2 atom stereocenters. The number of hydrogen-bond acceptors (Lipinski definition) is 10. The fraction of sp³-hybridized carbons (Fsp3) is 0.184. The Kier molecular flexibility index (Phi) is 11.2. The highest BCUT2D eigenvalue weighted by molar-refractivity contribution is 5.89. The zero-order chi connectivity index (χ0) is 35.6. The van der Waals surface area contributed by atoms with Crippen molar-refractivity contribution in [1.29, 1.82) is 0 Å². The van der Waals surface area contributed by atoms with E-state index in [1.165, 1.54) is 0 Å². The Hall–Kier alpha value is -6.43. The molecule has 0 radical (unpaired) electrons. The number of carbonyl (C=O) groups is 4. The molecule has 0 aliphatic heterocycles. The number of hydrogen-bond donors (Lipinski definition) is 4. The van der Waals surface area contributed by atoms with Crippen LogP contribution in [0.1, 0.15) is 36.8 Å². The molecule has 0 fully saturated rings. The molecule has 0 bridgehead atoms. The molecular weight excluding hydrogens is 638 g/mol. The average Bonchev–Trinajstić information content (AvgIpc) is 3.54. The maximum Gasteiger partial charge on any atom is 0.412 e. The first-order valence-electron chi connectivity index (χ1n) is 15.9. The molecule has 12 heteroatoms. The van der Waals surface area contributed by atoms with Crippen molar-refractivity contribution in [1.82, 2.24) is 4.98 Å². The van der Waals surface area contributed by atoms with E-state index < -0.39 is 36.2 Å². The minimum absolute atomic E-state index is 0.0941. The van der Waals surface area contributed by atoms with Gasteiger partial charge in [0.1, 0.15) is 17.8 Å². The number of oxazole rings is 1. The molecule has 12 nitrogen and oxygen atoms in total. The summed E-state index contributed by atoms with van der Waals surface area (Å²) in [5.74, 6) is -0.590. The van der Waals surface area contributed by atoms with Gasteiger partial charge in [0.05, 0.1) is 0 Å². The molecule has 4 aromatic carbocycles. The molecule has 6 N–H and O–H groups in total. The molecule has 0 saturated carbocycles. The molecule has 5 rings (SSSR count). The predicted octanol–water partition coefficient (Wildman–Crippen LogP) is 6.42. The Morgan fingerprint density at radius 2 is 1.06 bits per heavy atom. The van der Waals surface area contributed by atoms with Crippen molar-refractivity contribution in [2.45, 2.75) is 44.7 Å². The quantitative estimate of drug-likeness (QED) is 0.0800. The van der Waals surface area contributed by atoms with Crippen molar-refractivity contribution in [3.63, 3.8) is 0 Å². The lowest BCUT2D eigenvalue weighted by molar-refractivity contribution is -0.138. The van der Waals surface area contributed by atoms with Gasteiger partial charge in [-0.3, -0.25) is 0 Å². The molecular formula is C38H37N5O7. The molecule has 0 saturated heterocycles. The van der Waals surface area contributed by atoms with Crippen molar-refractivity contribution in [2.24, 2.45) is 11.5 Å². The normalized spacial score (nSPS) is 12.1. The standard InChI is InChI=1S/C38H37N5O7/c1-23(35(44)49-37(39)46)41-30-17-13-27(14-18-30)32-33(28-15-19-31(20-16-28)42-24(2)36(45)50-38(40)47)48-34(43-32)29(21-25-9-5-3-6-10-25)22-26-11-7-4-8-12-26/h3-20,23-24,29,41-42H,21-22H2,1-2H3,(H2,39,46)(H2,40,47)/t23-,24-/m0/s1. The molecule has 5 aromatic rings. The van der Waals surface area contributed by atoms with Crippen molar-refractivity contribution in [2.75, 3.05) is 10.6 Å². The first-order valence-corrected chi connectivity index (χ1v) is 15.9. The number of rotatable bonds is 13. The third-order valence-electron chi connectivity index (χ3n) is 7.82. The van der Waals surface area contributed by atoms with Crippen LogP contribution in [0.3, 0.4) is 0 Å².